The molecule has 2 aromatic rings. The number of aryl methyl sites for hydroxylation is 1. The molecule has 2 heterocycles. The number of halogens is 2. The number of ether oxygens (including phenoxy) is 1. The van der Waals surface area contributed by atoms with E-state index in [9.17, 15) is 4.39 Å². The van der Waals surface area contributed by atoms with E-state index >= 15 is 0 Å². The molecule has 1 aromatic heterocycles. The number of hydrogen-bond acceptors (Lipinski definition) is 5. The lowest BCUT2D eigenvalue weighted by Crippen LogP contribution is -2.41. The van der Waals surface area contributed by atoms with Crippen LogP contribution in [0.15, 0.2) is 22.7 Å². The van der Waals surface area contributed by atoms with E-state index in [2.05, 4.69) is 15.5 Å². The zero-order chi connectivity index (χ0) is 14.9. The zero-order valence-corrected chi connectivity index (χ0v) is 13.4. The fourth-order valence-electron chi connectivity index (χ4n) is 2.59. The fourth-order valence-corrected chi connectivity index (χ4v) is 2.59. The number of nitrogens with one attached hydrogen (secondary N) is 1. The van der Waals surface area contributed by atoms with Gasteiger partial charge in [-0.1, -0.05) is 17.3 Å². The highest BCUT2D eigenvalue weighted by Crippen LogP contribution is 2.34. The van der Waals surface area contributed by atoms with Crippen LogP contribution in [0.4, 0.5) is 4.39 Å². The average Bonchev–Trinajstić information content (AvgIpc) is 3.01. The van der Waals surface area contributed by atoms with Gasteiger partial charge in [0.15, 0.2) is 0 Å². The van der Waals surface area contributed by atoms with Gasteiger partial charge in [0.2, 0.25) is 5.82 Å². The third-order valence-corrected chi connectivity index (χ3v) is 4.05. The Morgan fingerprint density at radius 3 is 2.68 bits per heavy atom. The van der Waals surface area contributed by atoms with Crippen molar-refractivity contribution >= 4 is 12.4 Å². The third kappa shape index (κ3) is 2.99. The summed E-state index contributed by atoms with van der Waals surface area (Å²) in [6.07, 6.45) is 1.54. The van der Waals surface area contributed by atoms with Crippen molar-refractivity contribution in [2.75, 3.05) is 20.2 Å². The van der Waals surface area contributed by atoms with Gasteiger partial charge in [-0.25, -0.2) is 4.39 Å². The highest BCUT2D eigenvalue weighted by Gasteiger charge is 2.39. The molecule has 0 aliphatic carbocycles. The van der Waals surface area contributed by atoms with Crippen molar-refractivity contribution in [2.45, 2.75) is 25.4 Å². The molecule has 3 rings (SSSR count). The molecule has 1 N–H and O–H groups in total. The predicted molar refractivity (Wildman–Crippen MR) is 82.5 cm³/mol. The predicted octanol–water partition coefficient (Wildman–Crippen LogP) is 2.83. The summed E-state index contributed by atoms with van der Waals surface area (Å²) in [5.41, 5.74) is 0.655. The van der Waals surface area contributed by atoms with Crippen LogP contribution in [0.1, 0.15) is 24.3 Å². The van der Waals surface area contributed by atoms with Crippen molar-refractivity contribution in [3.8, 4) is 11.4 Å². The quantitative estimate of drug-likeness (QED) is 0.939. The van der Waals surface area contributed by atoms with E-state index in [1.54, 1.807) is 26.2 Å². The number of aromatic nitrogens is 2. The maximum atomic E-state index is 13.6. The first-order valence-corrected chi connectivity index (χ1v) is 7.01. The molecule has 1 fully saturated rings. The van der Waals surface area contributed by atoms with Gasteiger partial charge in [0.05, 0.1) is 0 Å². The Morgan fingerprint density at radius 2 is 2.05 bits per heavy atom. The molecule has 0 bridgehead atoms. The summed E-state index contributed by atoms with van der Waals surface area (Å²) in [6.45, 7) is 3.39. The number of methoxy groups -OCH3 is 1. The van der Waals surface area contributed by atoms with Crippen LogP contribution in [-0.4, -0.2) is 30.3 Å². The van der Waals surface area contributed by atoms with Crippen LogP contribution >= 0.6 is 12.4 Å². The SMILES string of the molecule is COC1(c2nc(-c3ccc(C)c(F)c3)no2)CCNCC1.Cl. The van der Waals surface area contributed by atoms with E-state index in [0.717, 1.165) is 25.9 Å². The highest BCUT2D eigenvalue weighted by atomic mass is 35.5. The number of hydrogen-bond donors (Lipinski definition) is 1. The number of benzene rings is 1. The Kier molecular flexibility index (Phi) is 5.16. The van der Waals surface area contributed by atoms with Crippen LogP contribution in [0.5, 0.6) is 0 Å². The maximum absolute atomic E-state index is 13.6. The van der Waals surface area contributed by atoms with E-state index in [-0.39, 0.29) is 18.2 Å². The van der Waals surface area contributed by atoms with Gasteiger partial charge in [0.25, 0.3) is 5.89 Å². The maximum Gasteiger partial charge on any atom is 0.259 e. The average molecular weight is 328 g/mol. The second-order valence-corrected chi connectivity index (χ2v) is 5.34. The Bertz CT molecular complexity index is 641. The van der Waals surface area contributed by atoms with Crippen LogP contribution in [0, 0.1) is 12.7 Å². The summed E-state index contributed by atoms with van der Waals surface area (Å²) >= 11 is 0. The molecule has 7 heteroatoms. The minimum absolute atomic E-state index is 0. The zero-order valence-electron chi connectivity index (χ0n) is 12.6. The van der Waals surface area contributed by atoms with Crippen LogP contribution in [0.25, 0.3) is 11.4 Å². The molecular formula is C15H19ClFN3O2. The number of piperidine rings is 1. The summed E-state index contributed by atoms with van der Waals surface area (Å²) < 4.78 is 24.7. The van der Waals surface area contributed by atoms with Gasteiger partial charge >= 0.3 is 0 Å². The molecule has 0 amide bonds. The van der Waals surface area contributed by atoms with E-state index in [0.29, 0.717) is 22.8 Å². The van der Waals surface area contributed by atoms with Crippen LogP contribution < -0.4 is 5.32 Å². The van der Waals surface area contributed by atoms with Crippen molar-refractivity contribution in [3.05, 3.63) is 35.5 Å². The normalized spacial score (nSPS) is 17.0. The lowest BCUT2D eigenvalue weighted by Gasteiger charge is -2.32. The molecule has 1 aliphatic rings. The molecule has 0 radical (unpaired) electrons. The highest BCUT2D eigenvalue weighted by molar-refractivity contribution is 5.85. The van der Waals surface area contributed by atoms with E-state index < -0.39 is 5.60 Å². The Balaban J connectivity index is 0.00000176. The van der Waals surface area contributed by atoms with Gasteiger partial charge in [0.1, 0.15) is 11.4 Å². The van der Waals surface area contributed by atoms with Gasteiger partial charge < -0.3 is 14.6 Å². The van der Waals surface area contributed by atoms with Crippen molar-refractivity contribution in [1.29, 1.82) is 0 Å². The largest absolute Gasteiger partial charge is 0.368 e. The first-order chi connectivity index (χ1) is 10.1. The van der Waals surface area contributed by atoms with E-state index in [4.69, 9.17) is 9.26 Å². The van der Waals surface area contributed by atoms with Gasteiger partial charge in [0, 0.05) is 12.7 Å². The number of nitrogens with zero attached hydrogens (tertiary/aromatic N) is 2. The van der Waals surface area contributed by atoms with Crippen LogP contribution in [0.3, 0.4) is 0 Å². The molecule has 120 valence electrons. The van der Waals surface area contributed by atoms with Crippen LogP contribution in [0.2, 0.25) is 0 Å². The smallest absolute Gasteiger partial charge is 0.259 e. The van der Waals surface area contributed by atoms with Crippen molar-refractivity contribution in [2.24, 2.45) is 0 Å². The molecule has 22 heavy (non-hydrogen) atoms. The molecule has 0 saturated carbocycles. The van der Waals surface area contributed by atoms with Gasteiger partial charge in [-0.05, 0) is 44.5 Å². The minimum atomic E-state index is -0.542. The summed E-state index contributed by atoms with van der Waals surface area (Å²) in [6, 6.07) is 4.91. The first-order valence-electron chi connectivity index (χ1n) is 7.01. The topological polar surface area (TPSA) is 60.2 Å². The second-order valence-electron chi connectivity index (χ2n) is 5.34. The van der Waals surface area contributed by atoms with Crippen molar-refractivity contribution in [1.82, 2.24) is 15.5 Å². The van der Waals surface area contributed by atoms with Crippen molar-refractivity contribution < 1.29 is 13.7 Å². The van der Waals surface area contributed by atoms with Crippen molar-refractivity contribution in [3.63, 3.8) is 0 Å². The lowest BCUT2D eigenvalue weighted by molar-refractivity contribution is -0.0622. The molecule has 1 aliphatic heterocycles. The van der Waals surface area contributed by atoms with E-state index in [1.165, 1.54) is 6.07 Å². The monoisotopic (exact) mass is 327 g/mol. The molecule has 0 unspecified atom stereocenters. The summed E-state index contributed by atoms with van der Waals surface area (Å²) in [5.74, 6) is 0.573. The fraction of sp³-hybridized carbons (Fsp3) is 0.467. The molecular weight excluding hydrogens is 309 g/mol. The van der Waals surface area contributed by atoms with Gasteiger partial charge in [-0.3, -0.25) is 0 Å². The summed E-state index contributed by atoms with van der Waals surface area (Å²) in [5, 5.41) is 7.25. The van der Waals surface area contributed by atoms with Gasteiger partial charge in [-0.2, -0.15) is 4.98 Å². The molecule has 0 atom stereocenters. The van der Waals surface area contributed by atoms with Gasteiger partial charge in [-0.15, -0.1) is 12.4 Å². The third-order valence-electron chi connectivity index (χ3n) is 4.05. The molecule has 5 nitrogen and oxygen atoms in total. The summed E-state index contributed by atoms with van der Waals surface area (Å²) in [7, 11) is 1.65. The Morgan fingerprint density at radius 1 is 1.32 bits per heavy atom. The Labute approximate surface area is 134 Å². The first kappa shape index (κ1) is 16.9. The lowest BCUT2D eigenvalue weighted by atomic mass is 9.92. The Hall–Kier alpha value is -1.50. The van der Waals surface area contributed by atoms with Crippen LogP contribution in [-0.2, 0) is 10.3 Å². The van der Waals surface area contributed by atoms with E-state index in [1.807, 2.05) is 0 Å². The summed E-state index contributed by atoms with van der Waals surface area (Å²) in [4.78, 5) is 4.42. The number of rotatable bonds is 3. The molecule has 1 aromatic carbocycles. The molecule has 0 spiro atoms. The standard InChI is InChI=1S/C15H18FN3O2.ClH/c1-10-3-4-11(9-12(10)16)13-18-14(21-19-13)15(20-2)5-7-17-8-6-15;/h3-4,9,17H,5-8H2,1-2H3;1H. The molecule has 1 saturated heterocycles. The second kappa shape index (κ2) is 6.73. The minimum Gasteiger partial charge on any atom is -0.368 e.